The predicted octanol–water partition coefficient (Wildman–Crippen LogP) is 2.25. The first kappa shape index (κ1) is 13.8. The van der Waals surface area contributed by atoms with Crippen molar-refractivity contribution < 1.29 is 8.42 Å². The number of anilines is 2. The van der Waals surface area contributed by atoms with Gasteiger partial charge in [-0.1, -0.05) is 12.1 Å². The summed E-state index contributed by atoms with van der Waals surface area (Å²) in [6.07, 6.45) is 2.83. The number of hydrogen-bond donors (Lipinski definition) is 1. The van der Waals surface area contributed by atoms with Crippen molar-refractivity contribution in [3.05, 3.63) is 47.2 Å². The third-order valence-corrected chi connectivity index (χ3v) is 4.78. The number of para-hydroxylation sites is 2. The van der Waals surface area contributed by atoms with Gasteiger partial charge < -0.3 is 5.73 Å². The Morgan fingerprint density at radius 3 is 2.58 bits per heavy atom. The largest absolute Gasteiger partial charge is 0.397 e. The summed E-state index contributed by atoms with van der Waals surface area (Å²) in [5, 5.41) is 0. The Morgan fingerprint density at radius 2 is 1.95 bits per heavy atom. The summed E-state index contributed by atoms with van der Waals surface area (Å²) in [6.45, 7) is 0. The van der Waals surface area contributed by atoms with Gasteiger partial charge in [0.05, 0.1) is 11.4 Å². The van der Waals surface area contributed by atoms with Gasteiger partial charge in [-0.3, -0.25) is 9.29 Å². The first-order chi connectivity index (χ1) is 8.93. The number of hydrogen-bond acceptors (Lipinski definition) is 4. The SMILES string of the molecule is CN(c1ccccc1N)S(=O)(=O)c1cncc(Br)c1. The van der Waals surface area contributed by atoms with Crippen LogP contribution in [0.1, 0.15) is 0 Å². The highest BCUT2D eigenvalue weighted by molar-refractivity contribution is 9.10. The maximum atomic E-state index is 12.4. The van der Waals surface area contributed by atoms with E-state index in [0.29, 0.717) is 15.8 Å². The third-order valence-electron chi connectivity index (χ3n) is 2.61. The molecule has 0 fully saturated rings. The number of benzene rings is 1. The molecule has 0 saturated heterocycles. The molecular weight excluding hydrogens is 330 g/mol. The summed E-state index contributed by atoms with van der Waals surface area (Å²) in [7, 11) is -2.22. The van der Waals surface area contributed by atoms with E-state index in [1.54, 1.807) is 24.3 Å². The zero-order valence-corrected chi connectivity index (χ0v) is 12.5. The quantitative estimate of drug-likeness (QED) is 0.868. The summed E-state index contributed by atoms with van der Waals surface area (Å²) in [5.74, 6) is 0. The Hall–Kier alpha value is -1.60. The van der Waals surface area contributed by atoms with Crippen LogP contribution in [0.15, 0.2) is 52.1 Å². The fourth-order valence-corrected chi connectivity index (χ4v) is 3.32. The lowest BCUT2D eigenvalue weighted by Crippen LogP contribution is -2.27. The van der Waals surface area contributed by atoms with Gasteiger partial charge in [0.25, 0.3) is 10.0 Å². The third kappa shape index (κ3) is 2.71. The predicted molar refractivity (Wildman–Crippen MR) is 78.4 cm³/mol. The van der Waals surface area contributed by atoms with Crippen molar-refractivity contribution in [1.29, 1.82) is 0 Å². The Balaban J connectivity index is 2.49. The second kappa shape index (κ2) is 5.18. The molecule has 0 atom stereocenters. The van der Waals surface area contributed by atoms with E-state index in [-0.39, 0.29) is 4.90 Å². The molecule has 2 N–H and O–H groups in total. The van der Waals surface area contributed by atoms with E-state index in [1.165, 1.54) is 25.5 Å². The number of sulfonamides is 1. The molecule has 0 aliphatic heterocycles. The van der Waals surface area contributed by atoms with Crippen LogP contribution in [-0.4, -0.2) is 20.4 Å². The maximum Gasteiger partial charge on any atom is 0.265 e. The van der Waals surface area contributed by atoms with Crippen LogP contribution in [-0.2, 0) is 10.0 Å². The van der Waals surface area contributed by atoms with E-state index in [2.05, 4.69) is 20.9 Å². The fourth-order valence-electron chi connectivity index (χ4n) is 1.60. The van der Waals surface area contributed by atoms with Crippen molar-refractivity contribution >= 4 is 37.3 Å². The van der Waals surface area contributed by atoms with Gasteiger partial charge >= 0.3 is 0 Å². The Morgan fingerprint density at radius 1 is 1.26 bits per heavy atom. The highest BCUT2D eigenvalue weighted by Crippen LogP contribution is 2.27. The molecular formula is C12H12BrN3O2S. The number of nitrogens with two attached hydrogens (primary N) is 1. The average Bonchev–Trinajstić information content (AvgIpc) is 2.38. The first-order valence-electron chi connectivity index (χ1n) is 5.37. The van der Waals surface area contributed by atoms with Crippen LogP contribution in [0.3, 0.4) is 0 Å². The molecule has 0 aliphatic carbocycles. The molecule has 1 aromatic heterocycles. The highest BCUT2D eigenvalue weighted by Gasteiger charge is 2.23. The minimum Gasteiger partial charge on any atom is -0.397 e. The molecule has 0 saturated carbocycles. The van der Waals surface area contributed by atoms with E-state index >= 15 is 0 Å². The number of halogens is 1. The van der Waals surface area contributed by atoms with Gasteiger partial charge in [-0.2, -0.15) is 0 Å². The molecule has 0 spiro atoms. The van der Waals surface area contributed by atoms with Crippen molar-refractivity contribution in [1.82, 2.24) is 4.98 Å². The van der Waals surface area contributed by atoms with Crippen molar-refractivity contribution in [3.63, 3.8) is 0 Å². The Bertz CT molecular complexity index is 704. The Labute approximate surface area is 120 Å². The van der Waals surface area contributed by atoms with Crippen LogP contribution >= 0.6 is 15.9 Å². The number of nitrogens with zero attached hydrogens (tertiary/aromatic N) is 2. The van der Waals surface area contributed by atoms with Gasteiger partial charge in [0, 0.05) is 23.9 Å². The van der Waals surface area contributed by atoms with E-state index < -0.39 is 10.0 Å². The molecule has 0 bridgehead atoms. The van der Waals surface area contributed by atoms with Crippen LogP contribution in [0.4, 0.5) is 11.4 Å². The lowest BCUT2D eigenvalue weighted by Gasteiger charge is -2.20. The van der Waals surface area contributed by atoms with Crippen LogP contribution < -0.4 is 10.0 Å². The number of nitrogen functional groups attached to an aromatic ring is 1. The minimum absolute atomic E-state index is 0.104. The molecule has 2 rings (SSSR count). The summed E-state index contributed by atoms with van der Waals surface area (Å²) >= 11 is 3.20. The van der Waals surface area contributed by atoms with Crippen molar-refractivity contribution in [2.75, 3.05) is 17.1 Å². The number of aromatic nitrogens is 1. The molecule has 5 nitrogen and oxygen atoms in total. The van der Waals surface area contributed by atoms with E-state index in [0.717, 1.165) is 4.31 Å². The van der Waals surface area contributed by atoms with Gasteiger partial charge in [0.2, 0.25) is 0 Å². The van der Waals surface area contributed by atoms with Crippen LogP contribution in [0.2, 0.25) is 0 Å². The fraction of sp³-hybridized carbons (Fsp3) is 0.0833. The number of pyridine rings is 1. The summed E-state index contributed by atoms with van der Waals surface area (Å²) in [6, 6.07) is 8.29. The van der Waals surface area contributed by atoms with E-state index in [4.69, 9.17) is 5.73 Å². The van der Waals surface area contributed by atoms with Crippen molar-refractivity contribution in [2.45, 2.75) is 4.90 Å². The highest BCUT2D eigenvalue weighted by atomic mass is 79.9. The summed E-state index contributed by atoms with van der Waals surface area (Å²) in [4.78, 5) is 3.97. The zero-order chi connectivity index (χ0) is 14.0. The molecule has 19 heavy (non-hydrogen) atoms. The minimum atomic E-state index is -3.68. The van der Waals surface area contributed by atoms with Gasteiger partial charge in [-0.15, -0.1) is 0 Å². The molecule has 7 heteroatoms. The molecule has 100 valence electrons. The van der Waals surface area contributed by atoms with E-state index in [9.17, 15) is 8.42 Å². The first-order valence-corrected chi connectivity index (χ1v) is 7.60. The summed E-state index contributed by atoms with van der Waals surface area (Å²) < 4.78 is 26.6. The van der Waals surface area contributed by atoms with Gasteiger partial charge in [0.1, 0.15) is 4.90 Å². The maximum absolute atomic E-state index is 12.4. The van der Waals surface area contributed by atoms with Gasteiger partial charge in [0.15, 0.2) is 0 Å². The monoisotopic (exact) mass is 341 g/mol. The normalized spacial score (nSPS) is 11.3. The number of rotatable bonds is 3. The smallest absolute Gasteiger partial charge is 0.265 e. The van der Waals surface area contributed by atoms with Crippen LogP contribution in [0, 0.1) is 0 Å². The molecule has 0 aliphatic rings. The average molecular weight is 342 g/mol. The topological polar surface area (TPSA) is 76.3 Å². The van der Waals surface area contributed by atoms with Gasteiger partial charge in [-0.25, -0.2) is 8.42 Å². The standard InChI is InChI=1S/C12H12BrN3O2S/c1-16(12-5-3-2-4-11(12)14)19(17,18)10-6-9(13)7-15-8-10/h2-8H,14H2,1H3. The molecule has 0 amide bonds. The van der Waals surface area contributed by atoms with Crippen molar-refractivity contribution in [2.24, 2.45) is 0 Å². The molecule has 0 unspecified atom stereocenters. The van der Waals surface area contributed by atoms with Gasteiger partial charge in [-0.05, 0) is 34.1 Å². The second-order valence-electron chi connectivity index (χ2n) is 3.87. The van der Waals surface area contributed by atoms with Crippen LogP contribution in [0.25, 0.3) is 0 Å². The summed E-state index contributed by atoms with van der Waals surface area (Å²) in [5.41, 5.74) is 6.63. The molecule has 1 aromatic carbocycles. The second-order valence-corrected chi connectivity index (χ2v) is 6.76. The molecule has 1 heterocycles. The van der Waals surface area contributed by atoms with Crippen molar-refractivity contribution in [3.8, 4) is 0 Å². The zero-order valence-electron chi connectivity index (χ0n) is 10.1. The molecule has 0 radical (unpaired) electrons. The Kier molecular flexibility index (Phi) is 3.77. The lowest BCUT2D eigenvalue weighted by molar-refractivity contribution is 0.594. The lowest BCUT2D eigenvalue weighted by atomic mass is 10.3. The van der Waals surface area contributed by atoms with Crippen LogP contribution in [0.5, 0.6) is 0 Å². The van der Waals surface area contributed by atoms with E-state index in [1.807, 2.05) is 0 Å². The molecule has 2 aromatic rings.